The van der Waals surface area contributed by atoms with Crippen molar-refractivity contribution in [1.29, 1.82) is 0 Å². The largest absolute Gasteiger partial charge is 0.459 e. The number of hydrogen-bond donors (Lipinski definition) is 0. The van der Waals surface area contributed by atoms with E-state index in [1.54, 1.807) is 0 Å². The van der Waals surface area contributed by atoms with Crippen molar-refractivity contribution in [3.63, 3.8) is 0 Å². The number of ether oxygens (including phenoxy) is 2. The molecule has 14 aromatic carbocycles. The molecule has 5 aliphatic heterocycles. The van der Waals surface area contributed by atoms with Gasteiger partial charge >= 0.3 is 0 Å². The zero-order valence-corrected chi connectivity index (χ0v) is 51.1. The first kappa shape index (κ1) is 53.7. The molecule has 10 heteroatoms. The molecule has 0 radical (unpaired) electrons. The Morgan fingerprint density at radius 2 is 0.468 bits per heavy atom. The molecule has 0 fully saturated rings. The molecule has 14 aromatic rings. The minimum absolute atomic E-state index is 0.284. The third-order valence-electron chi connectivity index (χ3n) is 19.5. The molecular weight excluding hydrogens is 1140 g/mol. The summed E-state index contributed by atoms with van der Waals surface area (Å²) in [6.45, 7) is -0.958. The van der Waals surface area contributed by atoms with Crippen LogP contribution in [0.4, 0.5) is 85.3 Å². The lowest BCUT2D eigenvalue weighted by atomic mass is 9.28. The summed E-state index contributed by atoms with van der Waals surface area (Å²) in [6, 6.07) is 123. The predicted molar refractivity (Wildman–Crippen MR) is 393 cm³/mol. The number of hydrogen-bond acceptors (Lipinski definition) is 7. The van der Waals surface area contributed by atoms with Crippen molar-refractivity contribution >= 4 is 155 Å². The van der Waals surface area contributed by atoms with Crippen LogP contribution in [0.2, 0.25) is 0 Å². The van der Waals surface area contributed by atoms with E-state index < -0.39 is 0 Å². The lowest BCUT2D eigenvalue weighted by Crippen LogP contribution is -2.67. The highest BCUT2D eigenvalue weighted by atomic mass is 16.5. The zero-order valence-electron chi connectivity index (χ0n) is 51.1. The van der Waals surface area contributed by atoms with Crippen LogP contribution in [0.15, 0.2) is 340 Å². The van der Waals surface area contributed by atoms with Gasteiger partial charge in [0.2, 0.25) is 0 Å². The Morgan fingerprint density at radius 1 is 0.213 bits per heavy atom. The van der Waals surface area contributed by atoms with Gasteiger partial charge in [0.1, 0.15) is 23.0 Å². The molecule has 0 amide bonds. The molecule has 0 saturated carbocycles. The molecule has 94 heavy (non-hydrogen) atoms. The van der Waals surface area contributed by atoms with Gasteiger partial charge in [0.25, 0.3) is 20.1 Å². The van der Waals surface area contributed by atoms with E-state index in [0.29, 0.717) is 0 Å². The molecule has 0 bridgehead atoms. The standard InChI is InChI=1S/C84H56B3N5O2/c1-8-30-57(31-9-1)88(58-32-10-2-11-33-58)64-52-76-80-78(54-64)93-83-70(86(80)68-46-24-28-50-74(68)91(76)62-40-18-6-19-41-62)56-71-84(82(83)85-66-44-22-26-48-72(66)90(61-38-16-5-17-39-61)73-49-27-23-45-67(73)85)94-79-55-65(89(59-34-12-3-13-35-59)60-36-14-4-15-37-60)53-77-81(79)87(71)69-47-25-29-51-75(69)92(77)63-42-20-7-21-43-63/h1-56H. The number of para-hydroxylation sites is 11. The van der Waals surface area contributed by atoms with Gasteiger partial charge in [-0.3, -0.25) is 0 Å². The molecule has 0 spiro atoms. The van der Waals surface area contributed by atoms with Gasteiger partial charge in [0.15, 0.2) is 0 Å². The predicted octanol–water partition coefficient (Wildman–Crippen LogP) is 15.7. The van der Waals surface area contributed by atoms with Crippen LogP contribution < -0.4 is 83.1 Å². The van der Waals surface area contributed by atoms with Gasteiger partial charge in [0.05, 0.1) is 11.4 Å². The first-order valence-corrected chi connectivity index (χ1v) is 32.3. The molecule has 5 aliphatic rings. The van der Waals surface area contributed by atoms with E-state index >= 15 is 0 Å². The number of fused-ring (bicyclic) bond motifs is 10. The summed E-state index contributed by atoms with van der Waals surface area (Å²) in [5.41, 5.74) is 25.8. The summed E-state index contributed by atoms with van der Waals surface area (Å²) in [7, 11) is 0. The Hall–Kier alpha value is -12.1. The summed E-state index contributed by atoms with van der Waals surface area (Å²) in [5, 5.41) is 0. The van der Waals surface area contributed by atoms with Crippen molar-refractivity contribution in [2.75, 3.05) is 24.5 Å². The lowest BCUT2D eigenvalue weighted by Gasteiger charge is -2.45. The Morgan fingerprint density at radius 3 is 0.777 bits per heavy atom. The molecule has 0 atom stereocenters. The van der Waals surface area contributed by atoms with Crippen molar-refractivity contribution < 1.29 is 9.47 Å². The fraction of sp³-hybridized carbons (Fsp3) is 0. The summed E-state index contributed by atoms with van der Waals surface area (Å²) >= 11 is 0. The maximum absolute atomic E-state index is 8.23. The van der Waals surface area contributed by atoms with Gasteiger partial charge in [-0.1, -0.05) is 206 Å². The summed E-state index contributed by atoms with van der Waals surface area (Å²) in [6.07, 6.45) is 0. The van der Waals surface area contributed by atoms with Gasteiger partial charge in [-0.05, 0) is 165 Å². The van der Waals surface area contributed by atoms with Gasteiger partial charge in [-0.2, -0.15) is 0 Å². The fourth-order valence-corrected chi connectivity index (χ4v) is 15.8. The topological polar surface area (TPSA) is 34.7 Å². The first-order chi connectivity index (χ1) is 46.7. The Labute approximate surface area is 548 Å². The monoisotopic (exact) mass is 1200 g/mol. The van der Waals surface area contributed by atoms with Crippen molar-refractivity contribution in [2.24, 2.45) is 0 Å². The highest BCUT2D eigenvalue weighted by Crippen LogP contribution is 2.50. The molecule has 438 valence electrons. The SMILES string of the molecule is c1ccc(N(c2ccccc2)c2cc3c4c(c2)N(c2ccccc2)c2ccccc2B4c2cc4c(c(B5c6ccccc6N(c6ccccc6)c6ccccc65)c2O3)Oc2cc(N(c3ccccc3)c3ccccc3)cc3c2B4c2ccccc2N3c2ccccc2)cc1. The second-order valence-corrected chi connectivity index (χ2v) is 24.6. The Kier molecular flexibility index (Phi) is 12.4. The van der Waals surface area contributed by atoms with Gasteiger partial charge in [-0.15, -0.1) is 0 Å². The third kappa shape index (κ3) is 8.36. The van der Waals surface area contributed by atoms with Crippen LogP contribution >= 0.6 is 0 Å². The summed E-state index contributed by atoms with van der Waals surface area (Å²) < 4.78 is 16.5. The molecule has 0 unspecified atom stereocenters. The molecule has 0 N–H and O–H groups in total. The molecule has 0 aliphatic carbocycles. The molecule has 19 rings (SSSR count). The first-order valence-electron chi connectivity index (χ1n) is 32.3. The van der Waals surface area contributed by atoms with Crippen molar-refractivity contribution in [3.8, 4) is 23.0 Å². The van der Waals surface area contributed by atoms with E-state index in [9.17, 15) is 0 Å². The van der Waals surface area contributed by atoms with Crippen LogP contribution in [0.25, 0.3) is 0 Å². The second kappa shape index (κ2) is 21.8. The minimum Gasteiger partial charge on any atom is -0.459 e. The van der Waals surface area contributed by atoms with Crippen LogP contribution in [0, 0.1) is 0 Å². The van der Waals surface area contributed by atoms with Gasteiger partial charge in [0, 0.05) is 91.5 Å². The van der Waals surface area contributed by atoms with Crippen LogP contribution in [0.5, 0.6) is 23.0 Å². The summed E-state index contributed by atoms with van der Waals surface area (Å²) in [4.78, 5) is 12.1. The Balaban J connectivity index is 0.941. The third-order valence-corrected chi connectivity index (χ3v) is 19.5. The maximum atomic E-state index is 8.23. The van der Waals surface area contributed by atoms with Crippen molar-refractivity contribution in [3.05, 3.63) is 340 Å². The fourth-order valence-electron chi connectivity index (χ4n) is 15.8. The zero-order chi connectivity index (χ0) is 61.8. The second-order valence-electron chi connectivity index (χ2n) is 24.6. The molecule has 5 heterocycles. The summed E-state index contributed by atoms with van der Waals surface area (Å²) in [5.74, 6) is 3.15. The van der Waals surface area contributed by atoms with E-state index in [4.69, 9.17) is 9.47 Å². The number of nitrogens with zero attached hydrogens (tertiary/aromatic N) is 5. The smallest absolute Gasteiger partial charge is 0.256 e. The van der Waals surface area contributed by atoms with E-state index in [-0.39, 0.29) is 20.1 Å². The number of benzene rings is 14. The van der Waals surface area contributed by atoms with Gasteiger partial charge in [-0.25, -0.2) is 0 Å². The molecule has 0 aromatic heterocycles. The highest BCUT2D eigenvalue weighted by molar-refractivity contribution is 7.05. The van der Waals surface area contributed by atoms with Crippen LogP contribution in [-0.4, -0.2) is 20.1 Å². The quantitative estimate of drug-likeness (QED) is 0.126. The van der Waals surface area contributed by atoms with E-state index in [0.717, 1.165) is 147 Å². The Bertz CT molecular complexity index is 4880. The van der Waals surface area contributed by atoms with Crippen LogP contribution in [0.3, 0.4) is 0 Å². The maximum Gasteiger partial charge on any atom is 0.256 e. The number of anilines is 15. The average Bonchev–Trinajstić information content (AvgIpc) is 0.686. The van der Waals surface area contributed by atoms with E-state index in [1.165, 1.54) is 10.9 Å². The van der Waals surface area contributed by atoms with Crippen molar-refractivity contribution in [1.82, 2.24) is 0 Å². The molecule has 7 nitrogen and oxygen atoms in total. The average molecular weight is 1200 g/mol. The normalized spacial score (nSPS) is 13.1. The lowest BCUT2D eigenvalue weighted by molar-refractivity contribution is 0.472. The van der Waals surface area contributed by atoms with Crippen LogP contribution in [-0.2, 0) is 0 Å². The minimum atomic E-state index is -0.390. The highest BCUT2D eigenvalue weighted by Gasteiger charge is 2.51. The van der Waals surface area contributed by atoms with E-state index in [2.05, 4.69) is 364 Å². The molecular formula is C84H56B3N5O2. The van der Waals surface area contributed by atoms with Crippen LogP contribution in [0.1, 0.15) is 0 Å². The van der Waals surface area contributed by atoms with E-state index in [1.807, 2.05) is 0 Å². The number of rotatable bonds is 10. The van der Waals surface area contributed by atoms with Gasteiger partial charge < -0.3 is 34.0 Å². The van der Waals surface area contributed by atoms with Crippen molar-refractivity contribution in [2.45, 2.75) is 0 Å². The molecule has 0 saturated heterocycles.